The van der Waals surface area contributed by atoms with Crippen LogP contribution >= 0.6 is 22.9 Å². The number of carbonyl (C=O) groups is 1. The first-order chi connectivity index (χ1) is 14.0. The van der Waals surface area contributed by atoms with Crippen LogP contribution in [-0.2, 0) is 6.54 Å². The molecule has 2 aromatic carbocycles. The van der Waals surface area contributed by atoms with Gasteiger partial charge in [0, 0.05) is 54.3 Å². The zero-order valence-corrected chi connectivity index (χ0v) is 18.3. The summed E-state index contributed by atoms with van der Waals surface area (Å²) in [7, 11) is 0. The highest BCUT2D eigenvalue weighted by Crippen LogP contribution is 2.26. The Morgan fingerprint density at radius 2 is 1.76 bits per heavy atom. The van der Waals surface area contributed by atoms with Crippen molar-refractivity contribution in [2.75, 3.05) is 26.2 Å². The maximum Gasteiger partial charge on any atom is 0.253 e. The van der Waals surface area contributed by atoms with Crippen molar-refractivity contribution < 1.29 is 4.79 Å². The summed E-state index contributed by atoms with van der Waals surface area (Å²) in [6, 6.07) is 13.7. The normalized spacial score (nSPS) is 14.9. The first-order valence-corrected chi connectivity index (χ1v) is 11.0. The van der Waals surface area contributed by atoms with Crippen molar-refractivity contribution in [3.05, 3.63) is 75.3 Å². The van der Waals surface area contributed by atoms with Gasteiger partial charge in [0.25, 0.3) is 5.91 Å². The molecule has 1 amide bonds. The van der Waals surface area contributed by atoms with Crippen LogP contribution in [0.2, 0.25) is 5.02 Å². The highest BCUT2D eigenvalue weighted by atomic mass is 35.5. The molecule has 3 aromatic rings. The lowest BCUT2D eigenvalue weighted by Crippen LogP contribution is -2.48. The third-order valence-electron chi connectivity index (χ3n) is 5.44. The second-order valence-corrected chi connectivity index (χ2v) is 8.81. The monoisotopic (exact) mass is 425 g/mol. The van der Waals surface area contributed by atoms with Gasteiger partial charge in [0.2, 0.25) is 0 Å². The van der Waals surface area contributed by atoms with Gasteiger partial charge in [-0.25, -0.2) is 4.98 Å². The van der Waals surface area contributed by atoms with E-state index < -0.39 is 0 Å². The van der Waals surface area contributed by atoms with Crippen LogP contribution in [0, 0.1) is 13.8 Å². The van der Waals surface area contributed by atoms with E-state index in [1.54, 1.807) is 11.3 Å². The molecule has 150 valence electrons. The molecule has 4 nitrogen and oxygen atoms in total. The van der Waals surface area contributed by atoms with E-state index in [1.165, 1.54) is 5.56 Å². The molecule has 1 saturated heterocycles. The first-order valence-electron chi connectivity index (χ1n) is 9.79. The molecule has 29 heavy (non-hydrogen) atoms. The molecule has 1 aromatic heterocycles. The lowest BCUT2D eigenvalue weighted by molar-refractivity contribution is 0.0627. The third kappa shape index (κ3) is 4.69. The number of halogens is 1. The Bertz CT molecular complexity index is 1010. The van der Waals surface area contributed by atoms with Crippen LogP contribution in [0.15, 0.2) is 47.8 Å². The molecule has 0 N–H and O–H groups in total. The number of nitrogens with zero attached hydrogens (tertiary/aromatic N) is 3. The van der Waals surface area contributed by atoms with E-state index in [1.807, 2.05) is 47.4 Å². The minimum absolute atomic E-state index is 0.131. The topological polar surface area (TPSA) is 36.4 Å². The summed E-state index contributed by atoms with van der Waals surface area (Å²) in [4.78, 5) is 21.9. The van der Waals surface area contributed by atoms with E-state index in [0.29, 0.717) is 0 Å². The van der Waals surface area contributed by atoms with Crippen LogP contribution in [0.5, 0.6) is 0 Å². The molecule has 0 aliphatic carbocycles. The van der Waals surface area contributed by atoms with Crippen LogP contribution < -0.4 is 0 Å². The summed E-state index contributed by atoms with van der Waals surface area (Å²) in [5.41, 5.74) is 5.33. The van der Waals surface area contributed by atoms with Crippen LogP contribution in [0.4, 0.5) is 0 Å². The largest absolute Gasteiger partial charge is 0.336 e. The number of carbonyl (C=O) groups excluding carboxylic acids is 1. The molecule has 1 aliphatic rings. The smallest absolute Gasteiger partial charge is 0.253 e. The van der Waals surface area contributed by atoms with E-state index in [4.69, 9.17) is 16.6 Å². The Hall–Kier alpha value is -2.21. The van der Waals surface area contributed by atoms with E-state index >= 15 is 0 Å². The fraction of sp³-hybridized carbons (Fsp3) is 0.304. The van der Waals surface area contributed by atoms with Gasteiger partial charge in [-0.3, -0.25) is 9.69 Å². The number of rotatable bonds is 4. The Morgan fingerprint density at radius 1 is 1.03 bits per heavy atom. The zero-order valence-electron chi connectivity index (χ0n) is 16.7. The molecule has 0 bridgehead atoms. The van der Waals surface area contributed by atoms with E-state index in [9.17, 15) is 4.79 Å². The Balaban J connectivity index is 1.33. The summed E-state index contributed by atoms with van der Waals surface area (Å²) in [6.07, 6.45) is 0. The number of hydrogen-bond donors (Lipinski definition) is 0. The number of piperazine rings is 1. The van der Waals surface area contributed by atoms with Crippen molar-refractivity contribution in [1.82, 2.24) is 14.8 Å². The average molecular weight is 426 g/mol. The van der Waals surface area contributed by atoms with E-state index in [-0.39, 0.29) is 5.91 Å². The molecular weight excluding hydrogens is 402 g/mol. The number of hydrogen-bond acceptors (Lipinski definition) is 4. The van der Waals surface area contributed by atoms with Gasteiger partial charge in [0.15, 0.2) is 0 Å². The van der Waals surface area contributed by atoms with Crippen molar-refractivity contribution in [1.29, 1.82) is 0 Å². The fourth-order valence-corrected chi connectivity index (χ4v) is 4.44. The SMILES string of the molecule is Cc1ccc(C(=O)N2CCN(Cc3csc(-c4ccc(Cl)cc4)n3)CC2)cc1C. The van der Waals surface area contributed by atoms with Gasteiger partial charge in [-0.1, -0.05) is 29.8 Å². The second-order valence-electron chi connectivity index (χ2n) is 7.52. The molecule has 2 heterocycles. The third-order valence-corrected chi connectivity index (χ3v) is 6.63. The number of aryl methyl sites for hydroxylation is 2. The first kappa shape index (κ1) is 20.1. The molecule has 0 spiro atoms. The number of amides is 1. The molecule has 4 rings (SSSR count). The summed E-state index contributed by atoms with van der Waals surface area (Å²) < 4.78 is 0. The Morgan fingerprint density at radius 3 is 2.45 bits per heavy atom. The minimum atomic E-state index is 0.131. The Kier molecular flexibility index (Phi) is 5.99. The van der Waals surface area contributed by atoms with Gasteiger partial charge in [0.05, 0.1) is 5.69 Å². The van der Waals surface area contributed by atoms with Gasteiger partial charge < -0.3 is 4.90 Å². The van der Waals surface area contributed by atoms with E-state index in [2.05, 4.69) is 24.1 Å². The van der Waals surface area contributed by atoms with Crippen molar-refractivity contribution in [2.24, 2.45) is 0 Å². The van der Waals surface area contributed by atoms with Crippen LogP contribution in [-0.4, -0.2) is 46.9 Å². The average Bonchev–Trinajstić information content (AvgIpc) is 3.19. The van der Waals surface area contributed by atoms with Crippen LogP contribution in [0.1, 0.15) is 27.2 Å². The molecule has 0 atom stereocenters. The molecule has 0 radical (unpaired) electrons. The fourth-order valence-electron chi connectivity index (χ4n) is 3.50. The molecule has 1 aliphatic heterocycles. The molecular formula is C23H24ClN3OS. The molecule has 0 saturated carbocycles. The van der Waals surface area contributed by atoms with Gasteiger partial charge in [-0.05, 0) is 49.2 Å². The predicted molar refractivity (Wildman–Crippen MR) is 120 cm³/mol. The number of aromatic nitrogens is 1. The lowest BCUT2D eigenvalue weighted by atomic mass is 10.1. The summed E-state index contributed by atoms with van der Waals surface area (Å²) >= 11 is 7.63. The van der Waals surface area contributed by atoms with E-state index in [0.717, 1.165) is 65.1 Å². The molecule has 6 heteroatoms. The van der Waals surface area contributed by atoms with Gasteiger partial charge in [-0.15, -0.1) is 11.3 Å². The van der Waals surface area contributed by atoms with Gasteiger partial charge >= 0.3 is 0 Å². The lowest BCUT2D eigenvalue weighted by Gasteiger charge is -2.34. The van der Waals surface area contributed by atoms with Gasteiger partial charge in [-0.2, -0.15) is 0 Å². The summed E-state index contributed by atoms with van der Waals surface area (Å²) in [6.45, 7) is 8.17. The predicted octanol–water partition coefficient (Wildman–Crippen LogP) is 5.04. The minimum Gasteiger partial charge on any atom is -0.336 e. The summed E-state index contributed by atoms with van der Waals surface area (Å²) in [5, 5.41) is 3.87. The second kappa shape index (κ2) is 8.66. The Labute approximate surface area is 180 Å². The standard InChI is InChI=1S/C23H24ClN3OS/c1-16-3-4-19(13-17(16)2)23(28)27-11-9-26(10-12-27)14-21-15-29-22(25-21)18-5-7-20(24)8-6-18/h3-8,13,15H,9-12,14H2,1-2H3. The highest BCUT2D eigenvalue weighted by Gasteiger charge is 2.23. The van der Waals surface area contributed by atoms with Crippen molar-refractivity contribution in [3.63, 3.8) is 0 Å². The highest BCUT2D eigenvalue weighted by molar-refractivity contribution is 7.13. The molecule has 1 fully saturated rings. The quantitative estimate of drug-likeness (QED) is 0.587. The maximum atomic E-state index is 12.8. The molecule has 0 unspecified atom stereocenters. The van der Waals surface area contributed by atoms with Gasteiger partial charge in [0.1, 0.15) is 5.01 Å². The van der Waals surface area contributed by atoms with Crippen molar-refractivity contribution in [2.45, 2.75) is 20.4 Å². The van der Waals surface area contributed by atoms with Crippen LogP contribution in [0.3, 0.4) is 0 Å². The number of thiazole rings is 1. The maximum absolute atomic E-state index is 12.8. The number of benzene rings is 2. The van der Waals surface area contributed by atoms with Crippen molar-refractivity contribution >= 4 is 28.8 Å². The summed E-state index contributed by atoms with van der Waals surface area (Å²) in [5.74, 6) is 0.131. The zero-order chi connectivity index (χ0) is 20.4. The van der Waals surface area contributed by atoms with Crippen molar-refractivity contribution in [3.8, 4) is 10.6 Å². The van der Waals surface area contributed by atoms with Crippen LogP contribution in [0.25, 0.3) is 10.6 Å².